The van der Waals surface area contributed by atoms with Crippen molar-refractivity contribution in [3.63, 3.8) is 0 Å². The molecule has 0 amide bonds. The van der Waals surface area contributed by atoms with Gasteiger partial charge in [0.2, 0.25) is 0 Å². The second-order valence-corrected chi connectivity index (χ2v) is 9.53. The van der Waals surface area contributed by atoms with Gasteiger partial charge >= 0.3 is 13.1 Å². The summed E-state index contributed by atoms with van der Waals surface area (Å²) in [6.45, 7) is 12.5. The van der Waals surface area contributed by atoms with Crippen LogP contribution in [0.3, 0.4) is 0 Å². The lowest BCUT2D eigenvalue weighted by atomic mass is 10.1. The molecule has 0 aliphatic rings. The van der Waals surface area contributed by atoms with E-state index in [9.17, 15) is 9.36 Å². The van der Waals surface area contributed by atoms with Gasteiger partial charge in [-0.15, -0.1) is 0 Å². The average Bonchev–Trinajstić information content (AvgIpc) is 2.59. The molecule has 0 aromatic heterocycles. The Labute approximate surface area is 166 Å². The lowest BCUT2D eigenvalue weighted by Gasteiger charge is -2.15. The summed E-state index contributed by atoms with van der Waals surface area (Å²) >= 11 is 0. The summed E-state index contributed by atoms with van der Waals surface area (Å²) in [6, 6.07) is 0. The Morgan fingerprint density at radius 2 is 1.41 bits per heavy atom. The highest BCUT2D eigenvalue weighted by Gasteiger charge is 2.33. The molecule has 0 rings (SSSR count). The smallest absolute Gasteiger partial charge is 0.391 e. The van der Waals surface area contributed by atoms with Crippen molar-refractivity contribution < 1.29 is 18.6 Å². The Morgan fingerprint density at radius 3 is 1.93 bits per heavy atom. The van der Waals surface area contributed by atoms with Gasteiger partial charge < -0.3 is 9.26 Å². The zero-order valence-electron chi connectivity index (χ0n) is 18.2. The Balaban J connectivity index is 4.29. The summed E-state index contributed by atoms with van der Waals surface area (Å²) in [5.74, 6) is 0. The first kappa shape index (κ1) is 25.9. The first-order valence-corrected chi connectivity index (χ1v) is 11.9. The van der Waals surface area contributed by atoms with E-state index >= 15 is 0 Å². The van der Waals surface area contributed by atoms with Crippen LogP contribution in [0.25, 0.3) is 0 Å². The van der Waals surface area contributed by atoms with Gasteiger partial charge in [-0.25, -0.2) is 4.79 Å². The maximum atomic E-state index is 12.6. The number of carbonyl (C=O) groups is 1. The van der Waals surface area contributed by atoms with E-state index in [0.717, 1.165) is 32.1 Å². The highest BCUT2D eigenvalue weighted by atomic mass is 31.2. The maximum absolute atomic E-state index is 12.6. The molecule has 1 atom stereocenters. The molecule has 1 unspecified atom stereocenters. The van der Waals surface area contributed by atoms with Crippen LogP contribution in [0.4, 0.5) is 4.79 Å². The number of hydrogen-bond donors (Lipinski definition) is 0. The van der Waals surface area contributed by atoms with Crippen LogP contribution in [0.5, 0.6) is 0 Å². The van der Waals surface area contributed by atoms with Crippen molar-refractivity contribution in [2.45, 2.75) is 80.1 Å². The van der Waals surface area contributed by atoms with Gasteiger partial charge in [0.1, 0.15) is 0 Å². The topological polar surface area (TPSA) is 52.6 Å². The molecule has 0 aromatic rings. The van der Waals surface area contributed by atoms with E-state index in [4.69, 9.17) is 9.26 Å². The molecular formula is C22H39O4P. The molecule has 0 bridgehead atoms. The van der Waals surface area contributed by atoms with Crippen LogP contribution in [0.1, 0.15) is 80.1 Å². The van der Waals surface area contributed by atoms with Crippen LogP contribution in [0.2, 0.25) is 0 Å². The number of carbonyl (C=O) groups excluding carboxylic acids is 1. The summed E-state index contributed by atoms with van der Waals surface area (Å²) in [5, 5.41) is 0. The predicted octanol–water partition coefficient (Wildman–Crippen LogP) is 7.66. The lowest BCUT2D eigenvalue weighted by Crippen LogP contribution is -2.09. The molecule has 0 spiro atoms. The summed E-state index contributed by atoms with van der Waals surface area (Å²) in [4.78, 5) is 11.9. The predicted molar refractivity (Wildman–Crippen MR) is 116 cm³/mol. The van der Waals surface area contributed by atoms with Gasteiger partial charge in [0.05, 0.1) is 13.2 Å². The quantitative estimate of drug-likeness (QED) is 0.171. The van der Waals surface area contributed by atoms with Crippen LogP contribution in [-0.2, 0) is 13.8 Å². The molecular weight excluding hydrogens is 359 g/mol. The van der Waals surface area contributed by atoms with Gasteiger partial charge in [0.25, 0.3) is 0 Å². The minimum atomic E-state index is -3.34. The fourth-order valence-electron chi connectivity index (χ4n) is 2.63. The highest BCUT2D eigenvalue weighted by molar-refractivity contribution is 7.75. The van der Waals surface area contributed by atoms with Gasteiger partial charge in [-0.3, -0.25) is 4.57 Å². The standard InChI is InChI=1S/C22H39O4P/c1-7-25-22(23)27(24,26-8-2)18-10-9-14-20(5)16-12-17-21(6)15-11-13-19(3)4/h13-14,17H,7-12,15-16,18H2,1-6H3/b20-14+,21-17+. The van der Waals surface area contributed by atoms with Crippen LogP contribution in [0, 0.1) is 0 Å². The Bertz CT molecular complexity index is 569. The largest absolute Gasteiger partial charge is 0.459 e. The Kier molecular flexibility index (Phi) is 14.3. The molecule has 0 heterocycles. The van der Waals surface area contributed by atoms with E-state index in [1.165, 1.54) is 16.7 Å². The molecule has 0 aliphatic carbocycles. The van der Waals surface area contributed by atoms with Crippen molar-refractivity contribution >= 4 is 13.1 Å². The monoisotopic (exact) mass is 398 g/mol. The second kappa shape index (κ2) is 14.9. The van der Waals surface area contributed by atoms with Crippen molar-refractivity contribution in [3.8, 4) is 0 Å². The maximum Gasteiger partial charge on any atom is 0.391 e. The fourth-order valence-corrected chi connectivity index (χ4v) is 4.38. The van der Waals surface area contributed by atoms with E-state index in [1.54, 1.807) is 13.8 Å². The molecule has 0 fully saturated rings. The van der Waals surface area contributed by atoms with E-state index < -0.39 is 13.1 Å². The highest BCUT2D eigenvalue weighted by Crippen LogP contribution is 2.49. The minimum absolute atomic E-state index is 0.218. The molecule has 4 nitrogen and oxygen atoms in total. The van der Waals surface area contributed by atoms with Gasteiger partial charge in [0.15, 0.2) is 0 Å². The van der Waals surface area contributed by atoms with Crippen LogP contribution in [0.15, 0.2) is 34.9 Å². The number of rotatable bonds is 14. The average molecular weight is 399 g/mol. The van der Waals surface area contributed by atoms with E-state index in [0.29, 0.717) is 6.42 Å². The molecule has 0 saturated heterocycles. The third-order valence-corrected chi connectivity index (χ3v) is 6.42. The molecule has 0 radical (unpaired) electrons. The normalized spacial score (nSPS) is 14.6. The molecule has 156 valence electrons. The Hall–Kier alpha value is -1.12. The minimum Gasteiger partial charge on any atom is -0.459 e. The molecule has 0 aromatic carbocycles. The number of ether oxygens (including phenoxy) is 1. The van der Waals surface area contributed by atoms with E-state index in [2.05, 4.69) is 45.9 Å². The van der Waals surface area contributed by atoms with Crippen molar-refractivity contribution in [2.75, 3.05) is 19.4 Å². The van der Waals surface area contributed by atoms with E-state index in [1.807, 2.05) is 0 Å². The number of hydrogen-bond acceptors (Lipinski definition) is 4. The molecule has 0 aliphatic heterocycles. The number of unbranched alkanes of at least 4 members (excludes halogenated alkanes) is 1. The van der Waals surface area contributed by atoms with Crippen molar-refractivity contribution in [2.24, 2.45) is 0 Å². The van der Waals surface area contributed by atoms with Crippen molar-refractivity contribution in [1.29, 1.82) is 0 Å². The first-order chi connectivity index (χ1) is 12.7. The van der Waals surface area contributed by atoms with Gasteiger partial charge in [-0.1, -0.05) is 34.9 Å². The van der Waals surface area contributed by atoms with Crippen LogP contribution >= 0.6 is 7.37 Å². The number of allylic oxidation sites excluding steroid dienone is 6. The van der Waals surface area contributed by atoms with E-state index in [-0.39, 0.29) is 19.4 Å². The summed E-state index contributed by atoms with van der Waals surface area (Å²) in [5.41, 5.74) is 3.44. The van der Waals surface area contributed by atoms with Gasteiger partial charge in [-0.2, -0.15) is 0 Å². The van der Waals surface area contributed by atoms with Crippen molar-refractivity contribution in [3.05, 3.63) is 34.9 Å². The molecule has 0 N–H and O–H groups in total. The van der Waals surface area contributed by atoms with Crippen LogP contribution < -0.4 is 0 Å². The molecule has 5 heteroatoms. The first-order valence-electron chi connectivity index (χ1n) is 10.1. The molecule has 0 saturated carbocycles. The van der Waals surface area contributed by atoms with Crippen molar-refractivity contribution in [1.82, 2.24) is 0 Å². The van der Waals surface area contributed by atoms with Crippen LogP contribution in [-0.4, -0.2) is 25.1 Å². The Morgan fingerprint density at radius 1 is 0.852 bits per heavy atom. The second-order valence-electron chi connectivity index (χ2n) is 7.12. The lowest BCUT2D eigenvalue weighted by molar-refractivity contribution is 0.171. The fraction of sp³-hybridized carbons (Fsp3) is 0.682. The summed E-state index contributed by atoms with van der Waals surface area (Å²) in [6.07, 6.45) is 12.8. The third kappa shape index (κ3) is 12.8. The van der Waals surface area contributed by atoms with Gasteiger partial charge in [0, 0.05) is 6.16 Å². The molecule has 27 heavy (non-hydrogen) atoms. The SMILES string of the molecule is CCOC(=O)P(=O)(CCC/C=C(\C)CC/C=C(\C)CCC=C(C)C)OCC. The third-order valence-electron chi connectivity index (χ3n) is 4.16. The van der Waals surface area contributed by atoms with Gasteiger partial charge in [-0.05, 0) is 80.1 Å². The summed E-state index contributed by atoms with van der Waals surface area (Å²) < 4.78 is 22.7. The zero-order chi connectivity index (χ0) is 20.7. The zero-order valence-corrected chi connectivity index (χ0v) is 19.1. The summed E-state index contributed by atoms with van der Waals surface area (Å²) in [7, 11) is -3.34.